The lowest BCUT2D eigenvalue weighted by Gasteiger charge is -2.26. The number of carbonyl (C=O) groups excluding carboxylic acids is 1. The predicted molar refractivity (Wildman–Crippen MR) is 80.6 cm³/mol. The van der Waals surface area contributed by atoms with Gasteiger partial charge in [0.25, 0.3) is 5.91 Å². The van der Waals surface area contributed by atoms with Crippen molar-refractivity contribution in [1.82, 2.24) is 25.6 Å². The monoisotopic (exact) mass is 286 g/mol. The molecule has 0 atom stereocenters. The summed E-state index contributed by atoms with van der Waals surface area (Å²) in [4.78, 5) is 22.4. The first-order chi connectivity index (χ1) is 10.3. The third-order valence-electron chi connectivity index (χ3n) is 3.44. The highest BCUT2D eigenvalue weighted by atomic mass is 16.2. The van der Waals surface area contributed by atoms with Gasteiger partial charge in [-0.1, -0.05) is 12.1 Å². The number of nitrogens with zero attached hydrogens (tertiary/aromatic N) is 3. The third-order valence-corrected chi connectivity index (χ3v) is 3.44. The maximum absolute atomic E-state index is 11.9. The van der Waals surface area contributed by atoms with Gasteiger partial charge in [-0.3, -0.25) is 20.5 Å². The third kappa shape index (κ3) is 3.45. The molecule has 0 unspecified atom stereocenters. The minimum Gasteiger partial charge on any atom is -0.314 e. The molecule has 0 saturated carbocycles. The lowest BCUT2D eigenvalue weighted by atomic mass is 10.2. The number of hydrogen-bond donors (Lipinski definition) is 3. The smallest absolute Gasteiger partial charge is 0.252 e. The van der Waals surface area contributed by atoms with Crippen LogP contribution in [0.3, 0.4) is 0 Å². The Morgan fingerprint density at radius 3 is 2.90 bits per heavy atom. The Morgan fingerprint density at radius 2 is 2.05 bits per heavy atom. The normalized spacial score (nSPS) is 15.8. The first-order valence-electron chi connectivity index (χ1n) is 7.00. The van der Waals surface area contributed by atoms with Crippen LogP contribution >= 0.6 is 0 Å². The number of benzene rings is 1. The molecule has 3 N–H and O–H groups in total. The number of fused-ring (bicyclic) bond motifs is 1. The van der Waals surface area contributed by atoms with Crippen LogP contribution in [0.5, 0.6) is 0 Å². The lowest BCUT2D eigenvalue weighted by molar-refractivity contribution is -0.121. The molecular formula is C14H18N6O. The summed E-state index contributed by atoms with van der Waals surface area (Å²) in [6.45, 7) is 4.03. The Balaban J connectivity index is 1.59. The molecule has 2 aromatic rings. The number of rotatable bonds is 4. The van der Waals surface area contributed by atoms with E-state index in [-0.39, 0.29) is 5.91 Å². The fourth-order valence-electron chi connectivity index (χ4n) is 2.35. The number of anilines is 1. The van der Waals surface area contributed by atoms with Crippen molar-refractivity contribution in [3.63, 3.8) is 0 Å². The molecule has 7 nitrogen and oxygen atoms in total. The van der Waals surface area contributed by atoms with E-state index >= 15 is 0 Å². The van der Waals surface area contributed by atoms with Crippen molar-refractivity contribution in [2.45, 2.75) is 0 Å². The Bertz CT molecular complexity index is 620. The van der Waals surface area contributed by atoms with Crippen LogP contribution in [0.2, 0.25) is 0 Å². The van der Waals surface area contributed by atoms with Crippen LogP contribution in [0.15, 0.2) is 30.6 Å². The summed E-state index contributed by atoms with van der Waals surface area (Å²) in [6, 6.07) is 7.66. The Hall–Kier alpha value is -2.25. The first-order valence-corrected chi connectivity index (χ1v) is 7.00. The summed E-state index contributed by atoms with van der Waals surface area (Å²) < 4.78 is 0. The minimum atomic E-state index is -0.0698. The average molecular weight is 286 g/mol. The summed E-state index contributed by atoms with van der Waals surface area (Å²) in [6.07, 6.45) is 1.48. The van der Waals surface area contributed by atoms with Gasteiger partial charge in [-0.15, -0.1) is 0 Å². The first kappa shape index (κ1) is 13.7. The molecule has 0 radical (unpaired) electrons. The van der Waals surface area contributed by atoms with Crippen LogP contribution < -0.4 is 16.2 Å². The average Bonchev–Trinajstić information content (AvgIpc) is 2.54. The lowest BCUT2D eigenvalue weighted by Crippen LogP contribution is -2.48. The van der Waals surface area contributed by atoms with E-state index < -0.39 is 0 Å². The van der Waals surface area contributed by atoms with Crippen molar-refractivity contribution in [3.8, 4) is 0 Å². The van der Waals surface area contributed by atoms with E-state index in [4.69, 9.17) is 0 Å². The second-order valence-electron chi connectivity index (χ2n) is 4.94. The van der Waals surface area contributed by atoms with Crippen molar-refractivity contribution >= 4 is 22.6 Å². The van der Waals surface area contributed by atoms with Crippen LogP contribution in [-0.4, -0.2) is 53.5 Å². The molecule has 110 valence electrons. The molecular weight excluding hydrogens is 268 g/mol. The summed E-state index contributed by atoms with van der Waals surface area (Å²) in [5.74, 6) is 0.536. The molecule has 1 aromatic carbocycles. The summed E-state index contributed by atoms with van der Waals surface area (Å²) in [5.41, 5.74) is 6.42. The topological polar surface area (TPSA) is 82.2 Å². The number of aromatic nitrogens is 2. The van der Waals surface area contributed by atoms with Gasteiger partial charge < -0.3 is 5.32 Å². The van der Waals surface area contributed by atoms with Gasteiger partial charge in [-0.2, -0.15) is 0 Å². The molecule has 0 spiro atoms. The molecule has 1 fully saturated rings. The van der Waals surface area contributed by atoms with Gasteiger partial charge in [0.2, 0.25) is 0 Å². The van der Waals surface area contributed by atoms with Gasteiger partial charge in [-0.25, -0.2) is 9.97 Å². The zero-order valence-corrected chi connectivity index (χ0v) is 11.7. The molecule has 0 bridgehead atoms. The quantitative estimate of drug-likeness (QED) is 0.685. The summed E-state index contributed by atoms with van der Waals surface area (Å²) in [5, 5.41) is 4.14. The second-order valence-corrected chi connectivity index (χ2v) is 4.94. The number of para-hydroxylation sites is 1. The molecule has 3 rings (SSSR count). The SMILES string of the molecule is O=C(CN1CCNCC1)NNc1ncnc2ccccc12. The van der Waals surface area contributed by atoms with Gasteiger partial charge in [-0.05, 0) is 12.1 Å². The summed E-state index contributed by atoms with van der Waals surface area (Å²) >= 11 is 0. The molecule has 7 heteroatoms. The van der Waals surface area contributed by atoms with Crippen LogP contribution in [0.25, 0.3) is 10.9 Å². The number of piperazine rings is 1. The fourth-order valence-corrected chi connectivity index (χ4v) is 2.35. The number of hydrazine groups is 1. The highest BCUT2D eigenvalue weighted by Crippen LogP contribution is 2.17. The molecule has 1 aromatic heterocycles. The molecule has 1 amide bonds. The molecule has 2 heterocycles. The van der Waals surface area contributed by atoms with Crippen molar-refractivity contribution < 1.29 is 4.79 Å². The van der Waals surface area contributed by atoms with E-state index in [0.717, 1.165) is 37.1 Å². The fraction of sp³-hybridized carbons (Fsp3) is 0.357. The van der Waals surface area contributed by atoms with Crippen LogP contribution in [0, 0.1) is 0 Å². The van der Waals surface area contributed by atoms with E-state index in [9.17, 15) is 4.79 Å². The standard InChI is InChI=1S/C14H18N6O/c21-13(9-20-7-5-15-6-8-20)18-19-14-11-3-1-2-4-12(11)16-10-17-14/h1-4,10,15H,5-9H2,(H,18,21)(H,16,17,19). The zero-order valence-electron chi connectivity index (χ0n) is 11.7. The maximum Gasteiger partial charge on any atom is 0.252 e. The zero-order chi connectivity index (χ0) is 14.5. The minimum absolute atomic E-state index is 0.0698. The maximum atomic E-state index is 11.9. The van der Waals surface area contributed by atoms with Crippen molar-refractivity contribution in [1.29, 1.82) is 0 Å². The Kier molecular flexibility index (Phi) is 4.23. The molecule has 1 saturated heterocycles. The number of carbonyl (C=O) groups is 1. The largest absolute Gasteiger partial charge is 0.314 e. The van der Waals surface area contributed by atoms with Crippen molar-refractivity contribution in [2.24, 2.45) is 0 Å². The van der Waals surface area contributed by atoms with Gasteiger partial charge >= 0.3 is 0 Å². The van der Waals surface area contributed by atoms with Gasteiger partial charge in [0.15, 0.2) is 5.82 Å². The van der Waals surface area contributed by atoms with E-state index in [1.54, 1.807) is 0 Å². The molecule has 1 aliphatic rings. The van der Waals surface area contributed by atoms with E-state index in [2.05, 4.69) is 31.0 Å². The molecule has 21 heavy (non-hydrogen) atoms. The van der Waals surface area contributed by atoms with Gasteiger partial charge in [0.1, 0.15) is 6.33 Å². The van der Waals surface area contributed by atoms with Gasteiger partial charge in [0.05, 0.1) is 12.1 Å². The number of amides is 1. The molecule has 1 aliphatic heterocycles. The van der Waals surface area contributed by atoms with Crippen LogP contribution in [0.4, 0.5) is 5.82 Å². The van der Waals surface area contributed by atoms with E-state index in [1.165, 1.54) is 6.33 Å². The molecule has 0 aliphatic carbocycles. The van der Waals surface area contributed by atoms with Crippen LogP contribution in [0.1, 0.15) is 0 Å². The van der Waals surface area contributed by atoms with Crippen molar-refractivity contribution in [3.05, 3.63) is 30.6 Å². The van der Waals surface area contributed by atoms with Crippen LogP contribution in [-0.2, 0) is 4.79 Å². The second kappa shape index (κ2) is 6.47. The van der Waals surface area contributed by atoms with Gasteiger partial charge in [0, 0.05) is 31.6 Å². The summed E-state index contributed by atoms with van der Waals surface area (Å²) in [7, 11) is 0. The highest BCUT2D eigenvalue weighted by molar-refractivity contribution is 5.89. The van der Waals surface area contributed by atoms with E-state index in [1.807, 2.05) is 24.3 Å². The number of nitrogens with one attached hydrogen (secondary N) is 3. The Morgan fingerprint density at radius 1 is 1.24 bits per heavy atom. The van der Waals surface area contributed by atoms with Crippen molar-refractivity contribution in [2.75, 3.05) is 38.1 Å². The number of hydrogen-bond acceptors (Lipinski definition) is 6. The Labute approximate surface area is 122 Å². The van der Waals surface area contributed by atoms with E-state index in [0.29, 0.717) is 12.4 Å². The highest BCUT2D eigenvalue weighted by Gasteiger charge is 2.13. The predicted octanol–water partition coefficient (Wildman–Crippen LogP) is -0.0219.